The molecule has 0 aliphatic heterocycles. The number of unbranched alkanes of at least 4 members (excludes halogenated alkanes) is 1. The topological polar surface area (TPSA) is 44.6 Å². The molecule has 0 saturated heterocycles. The minimum absolute atomic E-state index is 0.00416. The second-order valence-corrected chi connectivity index (χ2v) is 6.12. The van der Waals surface area contributed by atoms with Crippen LogP contribution in [-0.4, -0.2) is 18.0 Å². The highest BCUT2D eigenvalue weighted by Gasteiger charge is 2.22. The zero-order chi connectivity index (χ0) is 17.5. The summed E-state index contributed by atoms with van der Waals surface area (Å²) in [4.78, 5) is 0. The number of hydrogen-bond acceptors (Lipinski definition) is 3. The lowest BCUT2D eigenvalue weighted by molar-refractivity contribution is 0.304. The van der Waals surface area contributed by atoms with Crippen LogP contribution < -0.4 is 5.32 Å². The van der Waals surface area contributed by atoms with Gasteiger partial charge in [0.2, 0.25) is 0 Å². The Bertz CT molecular complexity index is 502. The van der Waals surface area contributed by atoms with Crippen molar-refractivity contribution < 1.29 is 5.21 Å². The summed E-state index contributed by atoms with van der Waals surface area (Å²) < 4.78 is 0. The number of anilines is 1. The Kier molecular flexibility index (Phi) is 10.3. The van der Waals surface area contributed by atoms with E-state index >= 15 is 0 Å². The summed E-state index contributed by atoms with van der Waals surface area (Å²) in [5.41, 5.74) is 1.18. The predicted octanol–water partition coefficient (Wildman–Crippen LogP) is 6.04. The van der Waals surface area contributed by atoms with Crippen molar-refractivity contribution in [2.75, 3.05) is 11.9 Å². The molecule has 0 heterocycles. The van der Waals surface area contributed by atoms with Crippen LogP contribution in [0.25, 0.3) is 0 Å². The molecule has 2 N–H and O–H groups in total. The van der Waals surface area contributed by atoms with E-state index in [0.717, 1.165) is 45.1 Å². The average Bonchev–Trinajstić information content (AvgIpc) is 2.63. The van der Waals surface area contributed by atoms with Crippen LogP contribution in [0.1, 0.15) is 52.4 Å². The van der Waals surface area contributed by atoms with Crippen LogP contribution in [0.5, 0.6) is 0 Å². The van der Waals surface area contributed by atoms with E-state index in [4.69, 9.17) is 5.21 Å². The first-order valence-electron chi connectivity index (χ1n) is 9.04. The molecule has 132 valence electrons. The van der Waals surface area contributed by atoms with Gasteiger partial charge in [-0.15, -0.1) is 5.16 Å². The Morgan fingerprint density at radius 3 is 2.21 bits per heavy atom. The zero-order valence-corrected chi connectivity index (χ0v) is 15.1. The number of rotatable bonds is 12. The van der Waals surface area contributed by atoms with Gasteiger partial charge in [0.05, 0.1) is 6.21 Å². The standard InChI is InChI=1S/C21H32N2O/c1-3-21(4-2,19-23-24)17-13-8-6-5-7-9-14-18-22-20-15-11-10-12-16-20/h7-13,15-16,19,22,24H,3-6,14,17-18H2,1-2H3/b9-7+,13-8+,23-19+. The smallest absolute Gasteiger partial charge is 0.0500 e. The minimum Gasteiger partial charge on any atom is -0.411 e. The normalized spacial score (nSPS) is 12.6. The van der Waals surface area contributed by atoms with Gasteiger partial charge in [-0.3, -0.25) is 0 Å². The van der Waals surface area contributed by atoms with Crippen LogP contribution in [0.15, 0.2) is 59.8 Å². The van der Waals surface area contributed by atoms with Crippen LogP contribution in [0.2, 0.25) is 0 Å². The van der Waals surface area contributed by atoms with Gasteiger partial charge in [0.1, 0.15) is 0 Å². The van der Waals surface area contributed by atoms with Gasteiger partial charge in [-0.1, -0.05) is 56.4 Å². The predicted molar refractivity (Wildman–Crippen MR) is 105 cm³/mol. The maximum atomic E-state index is 8.81. The monoisotopic (exact) mass is 328 g/mol. The quantitative estimate of drug-likeness (QED) is 0.161. The van der Waals surface area contributed by atoms with Gasteiger partial charge in [-0.2, -0.15) is 0 Å². The van der Waals surface area contributed by atoms with Crippen LogP contribution in [0.3, 0.4) is 0 Å². The van der Waals surface area contributed by atoms with Crippen molar-refractivity contribution >= 4 is 11.9 Å². The summed E-state index contributed by atoms with van der Waals surface area (Å²) in [6, 6.07) is 10.3. The van der Waals surface area contributed by atoms with Gasteiger partial charge in [-0.25, -0.2) is 0 Å². The lowest BCUT2D eigenvalue weighted by Gasteiger charge is -2.24. The highest BCUT2D eigenvalue weighted by Crippen LogP contribution is 2.28. The van der Waals surface area contributed by atoms with Crippen molar-refractivity contribution in [1.29, 1.82) is 0 Å². The fourth-order valence-electron chi connectivity index (χ4n) is 2.62. The number of nitrogens with zero attached hydrogens (tertiary/aromatic N) is 1. The molecule has 1 aromatic rings. The number of allylic oxidation sites excluding steroid dienone is 3. The van der Waals surface area contributed by atoms with Crippen molar-refractivity contribution in [1.82, 2.24) is 0 Å². The third kappa shape index (κ3) is 8.00. The van der Waals surface area contributed by atoms with Gasteiger partial charge < -0.3 is 10.5 Å². The summed E-state index contributed by atoms with van der Waals surface area (Å²) in [6.45, 7) is 5.25. The highest BCUT2D eigenvalue weighted by molar-refractivity contribution is 5.65. The molecule has 0 atom stereocenters. The molecule has 1 aromatic carbocycles. The Hall–Kier alpha value is -2.03. The molecule has 3 heteroatoms. The largest absolute Gasteiger partial charge is 0.411 e. The maximum Gasteiger partial charge on any atom is 0.0500 e. The Morgan fingerprint density at radius 2 is 1.58 bits per heavy atom. The fourth-order valence-corrected chi connectivity index (χ4v) is 2.62. The van der Waals surface area contributed by atoms with Gasteiger partial charge in [0.15, 0.2) is 0 Å². The molecule has 3 nitrogen and oxygen atoms in total. The van der Waals surface area contributed by atoms with Gasteiger partial charge in [-0.05, 0) is 50.7 Å². The SMILES string of the molecule is CCC(/C=N/O)(CC)C/C=C/CC/C=C/CCNc1ccccc1. The molecular weight excluding hydrogens is 296 g/mol. The third-order valence-corrected chi connectivity index (χ3v) is 4.51. The second-order valence-electron chi connectivity index (χ2n) is 6.12. The van der Waals surface area contributed by atoms with Crippen molar-refractivity contribution in [3.05, 3.63) is 54.6 Å². The summed E-state index contributed by atoms with van der Waals surface area (Å²) in [5.74, 6) is 0. The molecule has 0 aliphatic rings. The second kappa shape index (κ2) is 12.4. The maximum absolute atomic E-state index is 8.81. The van der Waals surface area contributed by atoms with E-state index in [9.17, 15) is 0 Å². The average molecular weight is 328 g/mol. The Labute approximate surface area is 147 Å². The molecule has 0 saturated carbocycles. The fraction of sp³-hybridized carbons (Fsp3) is 0.476. The van der Waals surface area contributed by atoms with Gasteiger partial charge >= 0.3 is 0 Å². The van der Waals surface area contributed by atoms with E-state index in [2.05, 4.69) is 60.8 Å². The Morgan fingerprint density at radius 1 is 0.958 bits per heavy atom. The molecule has 0 bridgehead atoms. The summed E-state index contributed by atoms with van der Waals surface area (Å²) in [6.07, 6.45) is 16.7. The van der Waals surface area contributed by atoms with Crippen LogP contribution in [0, 0.1) is 5.41 Å². The molecule has 24 heavy (non-hydrogen) atoms. The Balaban J connectivity index is 2.14. The van der Waals surface area contributed by atoms with E-state index in [1.165, 1.54) is 5.69 Å². The molecule has 1 rings (SSSR count). The number of hydrogen-bond donors (Lipinski definition) is 2. The van der Waals surface area contributed by atoms with Crippen LogP contribution >= 0.6 is 0 Å². The minimum atomic E-state index is 0.00416. The first-order valence-corrected chi connectivity index (χ1v) is 9.04. The third-order valence-electron chi connectivity index (χ3n) is 4.51. The zero-order valence-electron chi connectivity index (χ0n) is 15.1. The number of oxime groups is 1. The molecule has 0 aliphatic carbocycles. The first kappa shape index (κ1) is 20.0. The van der Waals surface area contributed by atoms with Crippen LogP contribution in [-0.2, 0) is 0 Å². The van der Waals surface area contributed by atoms with Gasteiger partial charge in [0.25, 0.3) is 0 Å². The lowest BCUT2D eigenvalue weighted by atomic mass is 9.80. The van der Waals surface area contributed by atoms with Gasteiger partial charge in [0, 0.05) is 17.6 Å². The summed E-state index contributed by atoms with van der Waals surface area (Å²) in [5, 5.41) is 15.5. The number of para-hydroxylation sites is 1. The van der Waals surface area contributed by atoms with Crippen molar-refractivity contribution in [3.63, 3.8) is 0 Å². The molecular formula is C21H32N2O. The summed E-state index contributed by atoms with van der Waals surface area (Å²) >= 11 is 0. The molecule has 0 radical (unpaired) electrons. The first-order chi connectivity index (χ1) is 11.8. The summed E-state index contributed by atoms with van der Waals surface area (Å²) in [7, 11) is 0. The lowest BCUT2D eigenvalue weighted by Crippen LogP contribution is -2.19. The van der Waals surface area contributed by atoms with E-state index in [-0.39, 0.29) is 5.41 Å². The van der Waals surface area contributed by atoms with E-state index in [1.807, 2.05) is 18.2 Å². The molecule has 0 fully saturated rings. The van der Waals surface area contributed by atoms with E-state index in [0.29, 0.717) is 0 Å². The molecule has 0 amide bonds. The number of benzene rings is 1. The molecule has 0 aromatic heterocycles. The van der Waals surface area contributed by atoms with Crippen molar-refractivity contribution in [2.45, 2.75) is 52.4 Å². The highest BCUT2D eigenvalue weighted by atomic mass is 16.4. The van der Waals surface area contributed by atoms with E-state index < -0.39 is 0 Å². The van der Waals surface area contributed by atoms with E-state index in [1.54, 1.807) is 6.21 Å². The van der Waals surface area contributed by atoms with Crippen molar-refractivity contribution in [2.24, 2.45) is 10.6 Å². The molecule has 0 spiro atoms. The van der Waals surface area contributed by atoms with Crippen LogP contribution in [0.4, 0.5) is 5.69 Å². The van der Waals surface area contributed by atoms with Crippen molar-refractivity contribution in [3.8, 4) is 0 Å². The molecule has 0 unspecified atom stereocenters. The number of nitrogens with one attached hydrogen (secondary N) is 1.